The topological polar surface area (TPSA) is 86.4 Å². The van der Waals surface area contributed by atoms with Crippen LogP contribution in [0.4, 0.5) is 5.69 Å². The number of benzene rings is 1. The first-order valence-corrected chi connectivity index (χ1v) is 13.4. The third-order valence-corrected chi connectivity index (χ3v) is 7.80. The van der Waals surface area contributed by atoms with Crippen molar-refractivity contribution in [2.45, 2.75) is 19.4 Å². The summed E-state index contributed by atoms with van der Waals surface area (Å²) >= 11 is 0. The monoisotopic (exact) mass is 497 g/mol. The summed E-state index contributed by atoms with van der Waals surface area (Å²) in [5.74, 6) is 1.54. The first-order chi connectivity index (χ1) is 17.7. The molecular weight excluding hydrogens is 458 g/mol. The highest BCUT2D eigenvalue weighted by atomic mass is 16.5. The van der Waals surface area contributed by atoms with Gasteiger partial charge in [0.1, 0.15) is 12.4 Å². The minimum atomic E-state index is 0.117. The molecule has 1 aromatic rings. The highest BCUT2D eigenvalue weighted by molar-refractivity contribution is 5.79. The van der Waals surface area contributed by atoms with Gasteiger partial charge in [-0.15, -0.1) is 0 Å². The van der Waals surface area contributed by atoms with Gasteiger partial charge in [0.05, 0.1) is 19.8 Å². The molecule has 4 aliphatic rings. The minimum Gasteiger partial charge on any atom is -0.489 e. The predicted molar refractivity (Wildman–Crippen MR) is 138 cm³/mol. The number of morpholine rings is 1. The highest BCUT2D eigenvalue weighted by Gasteiger charge is 2.32. The Morgan fingerprint density at radius 1 is 1.00 bits per heavy atom. The smallest absolute Gasteiger partial charge is 0.236 e. The number of carbonyl (C=O) groups excluding carboxylic acids is 2. The minimum absolute atomic E-state index is 0.117. The largest absolute Gasteiger partial charge is 0.489 e. The predicted octanol–water partition coefficient (Wildman–Crippen LogP) is 0.848. The van der Waals surface area contributed by atoms with Gasteiger partial charge in [-0.1, -0.05) is 12.2 Å². The van der Waals surface area contributed by atoms with Crippen LogP contribution in [-0.2, 0) is 20.9 Å². The Kier molecular flexibility index (Phi) is 8.40. The molecule has 1 aromatic carbocycles. The van der Waals surface area contributed by atoms with Crippen LogP contribution in [0.2, 0.25) is 0 Å². The molecule has 9 heteroatoms. The maximum atomic E-state index is 13.0. The van der Waals surface area contributed by atoms with E-state index in [0.717, 1.165) is 43.9 Å². The molecule has 2 bridgehead atoms. The number of fused-ring (bicyclic) bond motifs is 3. The average Bonchev–Trinajstić information content (AvgIpc) is 2.93. The molecule has 0 aromatic heterocycles. The fourth-order valence-corrected chi connectivity index (χ4v) is 5.64. The zero-order chi connectivity index (χ0) is 24.7. The summed E-state index contributed by atoms with van der Waals surface area (Å²) in [6, 6.07) is 6.37. The van der Waals surface area contributed by atoms with E-state index < -0.39 is 0 Å². The molecule has 0 spiro atoms. The summed E-state index contributed by atoms with van der Waals surface area (Å²) in [4.78, 5) is 32.2. The van der Waals surface area contributed by atoms with Gasteiger partial charge in [-0.3, -0.25) is 9.59 Å². The summed E-state index contributed by atoms with van der Waals surface area (Å²) in [5.41, 5.74) is 2.26. The lowest BCUT2D eigenvalue weighted by Crippen LogP contribution is -2.48. The summed E-state index contributed by atoms with van der Waals surface area (Å²) in [5, 5.41) is 6.75. The lowest BCUT2D eigenvalue weighted by molar-refractivity contribution is -0.137. The van der Waals surface area contributed by atoms with Crippen LogP contribution in [0.25, 0.3) is 0 Å². The van der Waals surface area contributed by atoms with Crippen LogP contribution >= 0.6 is 0 Å². The summed E-state index contributed by atoms with van der Waals surface area (Å²) in [6.45, 7) is 9.22. The van der Waals surface area contributed by atoms with Crippen LogP contribution in [0, 0.1) is 11.8 Å². The van der Waals surface area contributed by atoms with E-state index in [1.165, 1.54) is 5.69 Å². The van der Waals surface area contributed by atoms with Gasteiger partial charge in [-0.2, -0.15) is 0 Å². The Labute approximate surface area is 213 Å². The highest BCUT2D eigenvalue weighted by Crippen LogP contribution is 2.30. The number of amides is 2. The number of anilines is 1. The number of carbonyl (C=O) groups is 2. The van der Waals surface area contributed by atoms with Crippen molar-refractivity contribution in [3.8, 4) is 5.75 Å². The summed E-state index contributed by atoms with van der Waals surface area (Å²) in [6.07, 6.45) is 5.58. The van der Waals surface area contributed by atoms with Crippen LogP contribution in [-0.4, -0.2) is 100 Å². The zero-order valence-corrected chi connectivity index (χ0v) is 21.1. The maximum absolute atomic E-state index is 13.0. The van der Waals surface area contributed by atoms with Crippen molar-refractivity contribution in [1.82, 2.24) is 20.4 Å². The summed E-state index contributed by atoms with van der Waals surface area (Å²) < 4.78 is 11.6. The molecule has 3 fully saturated rings. The van der Waals surface area contributed by atoms with Crippen molar-refractivity contribution in [3.05, 3.63) is 35.9 Å². The van der Waals surface area contributed by atoms with Gasteiger partial charge >= 0.3 is 0 Å². The molecule has 2 atom stereocenters. The Bertz CT molecular complexity index is 942. The van der Waals surface area contributed by atoms with Crippen LogP contribution in [0.1, 0.15) is 18.4 Å². The van der Waals surface area contributed by atoms with Gasteiger partial charge in [0.15, 0.2) is 0 Å². The van der Waals surface area contributed by atoms with Crippen molar-refractivity contribution >= 4 is 17.5 Å². The second-order valence-corrected chi connectivity index (χ2v) is 10.1. The second kappa shape index (κ2) is 12.1. The number of ether oxygens (including phenoxy) is 2. The molecule has 5 rings (SSSR count). The molecule has 36 heavy (non-hydrogen) atoms. The van der Waals surface area contributed by atoms with Gasteiger partial charge in [0.25, 0.3) is 0 Å². The Morgan fingerprint density at radius 2 is 1.83 bits per heavy atom. The van der Waals surface area contributed by atoms with Gasteiger partial charge in [-0.05, 0) is 36.5 Å². The number of nitrogens with one attached hydrogen (secondary N) is 2. The molecular formula is C27H39N5O4. The van der Waals surface area contributed by atoms with Crippen LogP contribution in [0.5, 0.6) is 5.75 Å². The SMILES string of the molecule is O=C(C[C@@H]1CCN2C[C@@H]1C=CCOc1ccc(N3CCNCC3)cc1CNCC2=O)N1CCOCC1. The summed E-state index contributed by atoms with van der Waals surface area (Å²) in [7, 11) is 0. The maximum Gasteiger partial charge on any atom is 0.236 e. The van der Waals surface area contributed by atoms with E-state index in [4.69, 9.17) is 9.47 Å². The third kappa shape index (κ3) is 6.19. The molecule has 0 saturated carbocycles. The Balaban J connectivity index is 1.28. The molecule has 9 nitrogen and oxygen atoms in total. The van der Waals surface area contributed by atoms with Crippen molar-refractivity contribution < 1.29 is 19.1 Å². The number of rotatable bonds is 3. The number of piperazine rings is 1. The average molecular weight is 498 g/mol. The molecule has 196 valence electrons. The van der Waals surface area contributed by atoms with Gasteiger partial charge < -0.3 is 34.8 Å². The quantitative estimate of drug-likeness (QED) is 0.599. The van der Waals surface area contributed by atoms with E-state index in [0.29, 0.717) is 65.5 Å². The van der Waals surface area contributed by atoms with Crippen molar-refractivity contribution in [1.29, 1.82) is 0 Å². The number of nitrogens with zero attached hydrogens (tertiary/aromatic N) is 3. The first-order valence-electron chi connectivity index (χ1n) is 13.4. The number of piperidine rings is 1. The second-order valence-electron chi connectivity index (χ2n) is 10.1. The molecule has 3 saturated heterocycles. The lowest BCUT2D eigenvalue weighted by atomic mass is 9.82. The van der Waals surface area contributed by atoms with Crippen molar-refractivity contribution in [3.63, 3.8) is 0 Å². The van der Waals surface area contributed by atoms with Crippen molar-refractivity contribution in [2.75, 3.05) is 83.6 Å². The van der Waals surface area contributed by atoms with Crippen molar-refractivity contribution in [2.24, 2.45) is 11.8 Å². The number of hydrogen-bond acceptors (Lipinski definition) is 7. The molecule has 2 amide bonds. The number of hydrogen-bond donors (Lipinski definition) is 2. The van der Waals surface area contributed by atoms with E-state index in [2.05, 4.69) is 45.9 Å². The van der Waals surface area contributed by atoms with Crippen LogP contribution < -0.4 is 20.3 Å². The fraction of sp³-hybridized carbons (Fsp3) is 0.630. The standard InChI is InChI=1S/C27H39N5O4/c33-26(31-11-14-35-15-12-31)17-21-5-8-32-20-22(21)2-1-13-36-25-4-3-24(30-9-6-28-7-10-30)16-23(25)18-29-19-27(32)34/h1-4,16,21-22,28-29H,5-15,17-20H2/t21-,22-/m0/s1. The van der Waals surface area contributed by atoms with Gasteiger partial charge in [0.2, 0.25) is 11.8 Å². The lowest BCUT2D eigenvalue weighted by Gasteiger charge is -2.38. The van der Waals surface area contributed by atoms with E-state index in [1.54, 1.807) is 0 Å². The van der Waals surface area contributed by atoms with Gasteiger partial charge in [-0.25, -0.2) is 0 Å². The normalized spacial score (nSPS) is 25.8. The molecule has 4 heterocycles. The van der Waals surface area contributed by atoms with Crippen LogP contribution in [0.3, 0.4) is 0 Å². The Hall–Kier alpha value is -2.62. The van der Waals surface area contributed by atoms with E-state index in [1.807, 2.05) is 9.80 Å². The van der Waals surface area contributed by atoms with E-state index in [-0.39, 0.29) is 23.7 Å². The molecule has 0 unspecified atom stereocenters. The molecule has 0 aliphatic carbocycles. The van der Waals surface area contributed by atoms with E-state index in [9.17, 15) is 9.59 Å². The fourth-order valence-electron chi connectivity index (χ4n) is 5.64. The molecule has 2 N–H and O–H groups in total. The zero-order valence-electron chi connectivity index (χ0n) is 21.1. The third-order valence-electron chi connectivity index (χ3n) is 7.80. The van der Waals surface area contributed by atoms with E-state index >= 15 is 0 Å². The van der Waals surface area contributed by atoms with Gasteiger partial charge in [0, 0.05) is 76.6 Å². The molecule has 0 radical (unpaired) electrons. The first kappa shape index (κ1) is 25.0. The van der Waals surface area contributed by atoms with Crippen LogP contribution in [0.15, 0.2) is 30.4 Å². The Morgan fingerprint density at radius 3 is 2.67 bits per heavy atom. The molecule has 4 aliphatic heterocycles.